The molecule has 0 saturated heterocycles. The van der Waals surface area contributed by atoms with Gasteiger partial charge in [0.25, 0.3) is 0 Å². The first-order chi connectivity index (χ1) is 13.8. The number of ether oxygens (including phenoxy) is 1. The van der Waals surface area contributed by atoms with Crippen molar-refractivity contribution in [1.29, 1.82) is 0 Å². The van der Waals surface area contributed by atoms with E-state index in [0.717, 1.165) is 23.4 Å². The molecule has 1 amide bonds. The molecule has 0 unspecified atom stereocenters. The van der Waals surface area contributed by atoms with Gasteiger partial charge < -0.3 is 20.3 Å². The Morgan fingerprint density at radius 1 is 1.23 bits per heavy atom. The van der Waals surface area contributed by atoms with Crippen LogP contribution in [0.15, 0.2) is 36.4 Å². The van der Waals surface area contributed by atoms with Crippen LogP contribution < -0.4 is 15.5 Å². The highest BCUT2D eigenvalue weighted by molar-refractivity contribution is 6.35. The van der Waals surface area contributed by atoms with Gasteiger partial charge in [-0.05, 0) is 36.9 Å². The molecule has 6 nitrogen and oxygen atoms in total. The molecule has 2 atom stereocenters. The zero-order chi connectivity index (χ0) is 21.1. The standard InChI is InChI=1S/C21H23Cl2N3O3.ClH/c1-12(27)26(15-6-4-13(5-7-15)11-24-2)19-10-18(21(28)29-3)25-17-9-14(22)8-16(23)20(17)19;/h4-9,18-19,24-25H,10-11H2,1-3H3;1H/t18-,19+;/m0./s1. The fraction of sp³-hybridized carbons (Fsp3) is 0.333. The lowest BCUT2D eigenvalue weighted by Gasteiger charge is -2.39. The van der Waals surface area contributed by atoms with Gasteiger partial charge in [-0.1, -0.05) is 35.3 Å². The molecule has 3 rings (SSSR count). The quantitative estimate of drug-likeness (QED) is 0.623. The second kappa shape index (κ2) is 10.4. The van der Waals surface area contributed by atoms with Crippen LogP contribution in [-0.4, -0.2) is 32.1 Å². The maximum atomic E-state index is 12.7. The maximum Gasteiger partial charge on any atom is 0.328 e. The molecule has 162 valence electrons. The van der Waals surface area contributed by atoms with E-state index in [4.69, 9.17) is 27.9 Å². The highest BCUT2D eigenvalue weighted by Crippen LogP contribution is 2.44. The van der Waals surface area contributed by atoms with Crippen molar-refractivity contribution < 1.29 is 14.3 Å². The molecule has 30 heavy (non-hydrogen) atoms. The zero-order valence-electron chi connectivity index (χ0n) is 16.9. The van der Waals surface area contributed by atoms with Crippen LogP contribution in [0, 0.1) is 0 Å². The van der Waals surface area contributed by atoms with Gasteiger partial charge in [0.05, 0.1) is 13.2 Å². The monoisotopic (exact) mass is 471 g/mol. The van der Waals surface area contributed by atoms with E-state index in [0.29, 0.717) is 22.2 Å². The Bertz CT molecular complexity index is 922. The molecule has 9 heteroatoms. The van der Waals surface area contributed by atoms with Gasteiger partial charge >= 0.3 is 5.97 Å². The molecule has 1 aliphatic rings. The summed E-state index contributed by atoms with van der Waals surface area (Å²) in [4.78, 5) is 26.6. The molecule has 2 N–H and O–H groups in total. The molecule has 0 aromatic heterocycles. The predicted molar refractivity (Wildman–Crippen MR) is 123 cm³/mol. The lowest BCUT2D eigenvalue weighted by Crippen LogP contribution is -2.43. The van der Waals surface area contributed by atoms with E-state index >= 15 is 0 Å². The largest absolute Gasteiger partial charge is 0.467 e. The number of benzene rings is 2. The summed E-state index contributed by atoms with van der Waals surface area (Å²) in [7, 11) is 3.21. The number of rotatable bonds is 5. The summed E-state index contributed by atoms with van der Waals surface area (Å²) >= 11 is 12.7. The fourth-order valence-corrected chi connectivity index (χ4v) is 4.34. The number of nitrogens with one attached hydrogen (secondary N) is 2. The molecule has 1 heterocycles. The average Bonchev–Trinajstić information content (AvgIpc) is 2.68. The zero-order valence-corrected chi connectivity index (χ0v) is 19.2. The van der Waals surface area contributed by atoms with E-state index in [1.54, 1.807) is 17.0 Å². The van der Waals surface area contributed by atoms with Crippen LogP contribution in [0.2, 0.25) is 10.0 Å². The number of methoxy groups -OCH3 is 1. The SMILES string of the molecule is CNCc1ccc(N(C(C)=O)[C@@H]2C[C@@H](C(=O)OC)Nc3cc(Cl)cc(Cl)c32)cc1.Cl. The molecule has 0 radical (unpaired) electrons. The number of halogens is 3. The minimum Gasteiger partial charge on any atom is -0.467 e. The van der Waals surface area contributed by atoms with Gasteiger partial charge in [0.1, 0.15) is 6.04 Å². The first kappa shape index (κ1) is 24.3. The van der Waals surface area contributed by atoms with Gasteiger partial charge in [0.15, 0.2) is 0 Å². The fourth-order valence-electron chi connectivity index (χ4n) is 3.72. The van der Waals surface area contributed by atoms with E-state index in [2.05, 4.69) is 10.6 Å². The third kappa shape index (κ3) is 5.01. The molecule has 0 aliphatic carbocycles. The lowest BCUT2D eigenvalue weighted by atomic mass is 9.90. The molecule has 2 aromatic rings. The van der Waals surface area contributed by atoms with Crippen LogP contribution in [0.3, 0.4) is 0 Å². The Balaban J connectivity index is 0.00000320. The van der Waals surface area contributed by atoms with Crippen molar-refractivity contribution in [2.45, 2.75) is 32.0 Å². The molecule has 0 fully saturated rings. The summed E-state index contributed by atoms with van der Waals surface area (Å²) in [5.74, 6) is -0.566. The van der Waals surface area contributed by atoms with Crippen LogP contribution >= 0.6 is 35.6 Å². The van der Waals surface area contributed by atoms with Gasteiger partial charge in [0.2, 0.25) is 5.91 Å². The molecule has 2 aromatic carbocycles. The first-order valence-corrected chi connectivity index (χ1v) is 9.98. The van der Waals surface area contributed by atoms with Crippen molar-refractivity contribution >= 4 is 58.9 Å². The van der Waals surface area contributed by atoms with Gasteiger partial charge in [-0.25, -0.2) is 4.79 Å². The minimum atomic E-state index is -0.627. The summed E-state index contributed by atoms with van der Waals surface area (Å²) in [6.45, 7) is 2.23. The number of anilines is 2. The van der Waals surface area contributed by atoms with Gasteiger partial charge in [0, 0.05) is 46.9 Å². The molecule has 0 bridgehead atoms. The average molecular weight is 473 g/mol. The number of carbonyl (C=O) groups excluding carboxylic acids is 2. The number of nitrogens with zero attached hydrogens (tertiary/aromatic N) is 1. The highest BCUT2D eigenvalue weighted by atomic mass is 35.5. The van der Waals surface area contributed by atoms with Crippen LogP contribution in [0.5, 0.6) is 0 Å². The molecule has 0 saturated carbocycles. The number of fused-ring (bicyclic) bond motifs is 1. The Morgan fingerprint density at radius 3 is 2.47 bits per heavy atom. The topological polar surface area (TPSA) is 70.7 Å². The van der Waals surface area contributed by atoms with E-state index in [9.17, 15) is 9.59 Å². The molecule has 1 aliphatic heterocycles. The van der Waals surface area contributed by atoms with E-state index < -0.39 is 18.1 Å². The Hall–Kier alpha value is -1.99. The third-order valence-corrected chi connectivity index (χ3v) is 5.48. The van der Waals surface area contributed by atoms with E-state index in [-0.39, 0.29) is 18.3 Å². The van der Waals surface area contributed by atoms with Crippen molar-refractivity contribution in [2.75, 3.05) is 24.4 Å². The highest BCUT2D eigenvalue weighted by Gasteiger charge is 2.38. The van der Waals surface area contributed by atoms with Crippen LogP contribution in [-0.2, 0) is 20.9 Å². The smallest absolute Gasteiger partial charge is 0.328 e. The predicted octanol–water partition coefficient (Wildman–Crippen LogP) is 4.59. The Morgan fingerprint density at radius 2 is 1.90 bits per heavy atom. The van der Waals surface area contributed by atoms with Crippen LogP contribution in [0.4, 0.5) is 11.4 Å². The lowest BCUT2D eigenvalue weighted by molar-refractivity contribution is -0.142. The van der Waals surface area contributed by atoms with Gasteiger partial charge in [-0.3, -0.25) is 4.79 Å². The van der Waals surface area contributed by atoms with Crippen molar-refractivity contribution in [3.05, 3.63) is 57.6 Å². The minimum absolute atomic E-state index is 0. The number of carbonyl (C=O) groups is 2. The molecule has 0 spiro atoms. The van der Waals surface area contributed by atoms with E-state index in [1.165, 1.54) is 14.0 Å². The van der Waals surface area contributed by atoms with Crippen LogP contribution in [0.1, 0.15) is 30.5 Å². The first-order valence-electron chi connectivity index (χ1n) is 9.22. The summed E-state index contributed by atoms with van der Waals surface area (Å²) in [5.41, 5.74) is 3.17. The summed E-state index contributed by atoms with van der Waals surface area (Å²) in [6.07, 6.45) is 0.318. The summed E-state index contributed by atoms with van der Waals surface area (Å²) in [5, 5.41) is 7.12. The Labute approximate surface area is 192 Å². The second-order valence-corrected chi connectivity index (χ2v) is 7.75. The van der Waals surface area contributed by atoms with Crippen LogP contribution in [0.25, 0.3) is 0 Å². The van der Waals surface area contributed by atoms with Crippen molar-refractivity contribution in [3.8, 4) is 0 Å². The normalized spacial score (nSPS) is 17.2. The van der Waals surface area contributed by atoms with Crippen molar-refractivity contribution in [1.82, 2.24) is 5.32 Å². The third-order valence-electron chi connectivity index (χ3n) is 4.95. The van der Waals surface area contributed by atoms with Gasteiger partial charge in [-0.15, -0.1) is 12.4 Å². The number of amides is 1. The molecular weight excluding hydrogens is 449 g/mol. The van der Waals surface area contributed by atoms with Crippen molar-refractivity contribution in [3.63, 3.8) is 0 Å². The number of hydrogen-bond acceptors (Lipinski definition) is 5. The summed E-state index contributed by atoms with van der Waals surface area (Å²) in [6, 6.07) is 9.99. The maximum absolute atomic E-state index is 12.7. The van der Waals surface area contributed by atoms with Crippen molar-refractivity contribution in [2.24, 2.45) is 0 Å². The number of hydrogen-bond donors (Lipinski definition) is 2. The summed E-state index contributed by atoms with van der Waals surface area (Å²) < 4.78 is 4.92. The van der Waals surface area contributed by atoms with Gasteiger partial charge in [-0.2, -0.15) is 0 Å². The number of esters is 1. The van der Waals surface area contributed by atoms with E-state index in [1.807, 2.05) is 31.3 Å². The second-order valence-electron chi connectivity index (χ2n) is 6.91. The molecular formula is C21H24Cl3N3O3. The Kier molecular flexibility index (Phi) is 8.38.